The molecule has 0 aliphatic rings. The molecule has 7 heteroatoms. The Morgan fingerprint density at radius 3 is 2.36 bits per heavy atom. The maximum absolute atomic E-state index is 13.6. The summed E-state index contributed by atoms with van der Waals surface area (Å²) >= 11 is 9.56. The van der Waals surface area contributed by atoms with Crippen LogP contribution in [0.25, 0.3) is 0 Å². The Hall–Kier alpha value is -2.83. The zero-order valence-corrected chi connectivity index (χ0v) is 23.2. The van der Waals surface area contributed by atoms with Crippen LogP contribution in [0.3, 0.4) is 0 Å². The number of halogens is 2. The van der Waals surface area contributed by atoms with Crippen molar-refractivity contribution in [3.63, 3.8) is 0 Å². The maximum atomic E-state index is 13.6. The van der Waals surface area contributed by atoms with Gasteiger partial charge in [0.1, 0.15) is 11.8 Å². The van der Waals surface area contributed by atoms with Crippen LogP contribution in [-0.4, -0.2) is 35.4 Å². The molecule has 1 N–H and O–H groups in total. The molecule has 0 bridgehead atoms. The van der Waals surface area contributed by atoms with Crippen molar-refractivity contribution in [1.82, 2.24) is 10.2 Å². The lowest BCUT2D eigenvalue weighted by atomic mass is 10.0. The summed E-state index contributed by atoms with van der Waals surface area (Å²) in [7, 11) is 0. The second kappa shape index (κ2) is 13.5. The molecule has 0 radical (unpaired) electrons. The number of hydrogen-bond acceptors (Lipinski definition) is 3. The number of rotatable bonds is 11. The summed E-state index contributed by atoms with van der Waals surface area (Å²) in [4.78, 5) is 28.7. The predicted octanol–water partition coefficient (Wildman–Crippen LogP) is 6.34. The number of aryl methyl sites for hydroxylation is 1. The fourth-order valence-electron chi connectivity index (χ4n) is 3.72. The highest BCUT2D eigenvalue weighted by Crippen LogP contribution is 2.22. The fraction of sp³-hybridized carbons (Fsp3) is 0.310. The first-order chi connectivity index (χ1) is 17.3. The summed E-state index contributed by atoms with van der Waals surface area (Å²) in [5.74, 6) is 0.139. The van der Waals surface area contributed by atoms with E-state index in [4.69, 9.17) is 16.3 Å². The molecule has 5 nitrogen and oxygen atoms in total. The van der Waals surface area contributed by atoms with E-state index in [0.29, 0.717) is 17.2 Å². The molecule has 0 heterocycles. The zero-order chi connectivity index (χ0) is 26.1. The Balaban J connectivity index is 1.90. The van der Waals surface area contributed by atoms with E-state index in [0.717, 1.165) is 27.6 Å². The lowest BCUT2D eigenvalue weighted by molar-refractivity contribution is -0.143. The molecule has 3 aromatic rings. The number of ether oxygens (including phenoxy) is 1. The van der Waals surface area contributed by atoms with Crippen LogP contribution in [-0.2, 0) is 22.6 Å². The Kier molecular flexibility index (Phi) is 10.4. The number of carbonyl (C=O) groups excluding carboxylic acids is 2. The summed E-state index contributed by atoms with van der Waals surface area (Å²) in [6.07, 6.45) is 1.18. The van der Waals surface area contributed by atoms with Crippen LogP contribution >= 0.6 is 27.5 Å². The Morgan fingerprint density at radius 2 is 1.72 bits per heavy atom. The average molecular weight is 572 g/mol. The van der Waals surface area contributed by atoms with Gasteiger partial charge in [-0.2, -0.15) is 0 Å². The van der Waals surface area contributed by atoms with Gasteiger partial charge in [-0.05, 0) is 67.3 Å². The first-order valence-corrected chi connectivity index (χ1v) is 13.2. The van der Waals surface area contributed by atoms with Gasteiger partial charge in [-0.1, -0.05) is 76.9 Å². The lowest BCUT2D eigenvalue weighted by Crippen LogP contribution is -2.53. The van der Waals surface area contributed by atoms with Gasteiger partial charge in [0.15, 0.2) is 6.61 Å². The Bertz CT molecular complexity index is 1150. The van der Waals surface area contributed by atoms with E-state index in [9.17, 15) is 9.59 Å². The highest BCUT2D eigenvalue weighted by Gasteiger charge is 2.31. The van der Waals surface area contributed by atoms with Crippen molar-refractivity contribution >= 4 is 39.3 Å². The van der Waals surface area contributed by atoms with Gasteiger partial charge < -0.3 is 15.0 Å². The first kappa shape index (κ1) is 27.8. The molecule has 190 valence electrons. The molecule has 0 aliphatic heterocycles. The van der Waals surface area contributed by atoms with Crippen molar-refractivity contribution in [3.05, 3.63) is 99.0 Å². The van der Waals surface area contributed by atoms with Crippen molar-refractivity contribution in [3.8, 4) is 5.75 Å². The topological polar surface area (TPSA) is 58.6 Å². The number of benzene rings is 3. The SMILES string of the molecule is CC[C@H](C)NC(=O)[C@@H](Cc1ccccc1)N(Cc1ccc(Cl)cc1)C(=O)COc1ccc(Br)c(C)c1. The monoisotopic (exact) mass is 570 g/mol. The second-order valence-corrected chi connectivity index (χ2v) is 10.2. The van der Waals surface area contributed by atoms with E-state index >= 15 is 0 Å². The molecule has 0 fully saturated rings. The first-order valence-electron chi connectivity index (χ1n) is 12.0. The van der Waals surface area contributed by atoms with Gasteiger partial charge in [-0.25, -0.2) is 0 Å². The minimum atomic E-state index is -0.708. The molecule has 2 amide bonds. The molecule has 0 aromatic heterocycles. The second-order valence-electron chi connectivity index (χ2n) is 8.87. The molecule has 2 atom stereocenters. The van der Waals surface area contributed by atoms with Crippen LogP contribution in [0.2, 0.25) is 5.02 Å². The van der Waals surface area contributed by atoms with E-state index in [1.807, 2.05) is 81.4 Å². The Morgan fingerprint density at radius 1 is 1.03 bits per heavy atom. The van der Waals surface area contributed by atoms with Gasteiger partial charge in [-0.15, -0.1) is 0 Å². The van der Waals surface area contributed by atoms with E-state index < -0.39 is 6.04 Å². The summed E-state index contributed by atoms with van der Waals surface area (Å²) in [5, 5.41) is 3.68. The molecule has 0 saturated heterocycles. The molecule has 0 saturated carbocycles. The van der Waals surface area contributed by atoms with Gasteiger partial charge >= 0.3 is 0 Å². The predicted molar refractivity (Wildman–Crippen MR) is 148 cm³/mol. The van der Waals surface area contributed by atoms with E-state index in [1.54, 1.807) is 17.0 Å². The zero-order valence-electron chi connectivity index (χ0n) is 20.8. The highest BCUT2D eigenvalue weighted by molar-refractivity contribution is 9.10. The highest BCUT2D eigenvalue weighted by atomic mass is 79.9. The number of hydrogen-bond donors (Lipinski definition) is 1. The van der Waals surface area contributed by atoms with Gasteiger partial charge in [-0.3, -0.25) is 9.59 Å². The molecular formula is C29H32BrClN2O3. The van der Waals surface area contributed by atoms with Gasteiger partial charge in [0, 0.05) is 28.5 Å². The minimum Gasteiger partial charge on any atom is -0.484 e. The maximum Gasteiger partial charge on any atom is 0.261 e. The lowest BCUT2D eigenvalue weighted by Gasteiger charge is -2.32. The summed E-state index contributed by atoms with van der Waals surface area (Å²) in [6.45, 7) is 6.01. The molecular weight excluding hydrogens is 540 g/mol. The van der Waals surface area contributed by atoms with Crippen LogP contribution in [0, 0.1) is 6.92 Å². The summed E-state index contributed by atoms with van der Waals surface area (Å²) < 4.78 is 6.83. The van der Waals surface area contributed by atoms with E-state index in [2.05, 4.69) is 21.2 Å². The van der Waals surface area contributed by atoms with Crippen LogP contribution in [0.1, 0.15) is 37.0 Å². The van der Waals surface area contributed by atoms with Crippen LogP contribution in [0.4, 0.5) is 0 Å². The number of carbonyl (C=O) groups is 2. The van der Waals surface area contributed by atoms with Gasteiger partial charge in [0.25, 0.3) is 5.91 Å². The number of amides is 2. The van der Waals surface area contributed by atoms with Crippen molar-refractivity contribution in [2.24, 2.45) is 0 Å². The summed E-state index contributed by atoms with van der Waals surface area (Å²) in [6, 6.07) is 21.9. The molecule has 36 heavy (non-hydrogen) atoms. The quantitative estimate of drug-likeness (QED) is 0.292. The third-order valence-corrected chi connectivity index (χ3v) is 7.17. The van der Waals surface area contributed by atoms with Crippen molar-refractivity contribution in [2.45, 2.75) is 52.2 Å². The minimum absolute atomic E-state index is 0.00903. The van der Waals surface area contributed by atoms with Crippen LogP contribution < -0.4 is 10.1 Å². The van der Waals surface area contributed by atoms with Crippen molar-refractivity contribution in [1.29, 1.82) is 0 Å². The smallest absolute Gasteiger partial charge is 0.261 e. The van der Waals surface area contributed by atoms with Crippen molar-refractivity contribution in [2.75, 3.05) is 6.61 Å². The number of nitrogens with one attached hydrogen (secondary N) is 1. The fourth-order valence-corrected chi connectivity index (χ4v) is 4.09. The average Bonchev–Trinajstić information content (AvgIpc) is 2.88. The normalized spacial score (nSPS) is 12.5. The largest absolute Gasteiger partial charge is 0.484 e. The van der Waals surface area contributed by atoms with E-state index in [1.165, 1.54) is 0 Å². The summed E-state index contributed by atoms with van der Waals surface area (Å²) in [5.41, 5.74) is 2.86. The van der Waals surface area contributed by atoms with Crippen LogP contribution in [0.15, 0.2) is 77.3 Å². The third-order valence-electron chi connectivity index (χ3n) is 6.03. The molecule has 0 aliphatic carbocycles. The molecule has 3 aromatic carbocycles. The van der Waals surface area contributed by atoms with E-state index in [-0.39, 0.29) is 31.0 Å². The standard InChI is InChI=1S/C29H32BrClN2O3/c1-4-21(3)32-29(35)27(17-22-8-6-5-7-9-22)33(18-23-10-12-24(31)13-11-23)28(34)19-36-25-14-15-26(30)20(2)16-25/h5-16,21,27H,4,17-19H2,1-3H3,(H,32,35)/t21-,27+/m0/s1. The molecule has 0 unspecified atom stereocenters. The van der Waals surface area contributed by atoms with Crippen LogP contribution in [0.5, 0.6) is 5.75 Å². The van der Waals surface area contributed by atoms with Gasteiger partial charge in [0.2, 0.25) is 5.91 Å². The van der Waals surface area contributed by atoms with Crippen molar-refractivity contribution < 1.29 is 14.3 Å². The Labute approximate surface area is 226 Å². The molecule has 3 rings (SSSR count). The van der Waals surface area contributed by atoms with Gasteiger partial charge in [0.05, 0.1) is 0 Å². The molecule has 0 spiro atoms. The third kappa shape index (κ3) is 8.10. The number of nitrogens with zero attached hydrogens (tertiary/aromatic N) is 1.